The monoisotopic (exact) mass is 282 g/mol. The highest BCUT2D eigenvalue weighted by atomic mass is 32.2. The van der Waals surface area contributed by atoms with Crippen LogP contribution >= 0.6 is 11.8 Å². The molecular weight excluding hydrogens is 264 g/mol. The molecule has 2 nitrogen and oxygen atoms in total. The lowest BCUT2D eigenvalue weighted by molar-refractivity contribution is 0.853. The third-order valence-corrected chi connectivity index (χ3v) is 4.23. The molecule has 0 aliphatic rings. The van der Waals surface area contributed by atoms with E-state index in [2.05, 4.69) is 78.1 Å². The number of hydrogen-bond donors (Lipinski definition) is 2. The third-order valence-electron chi connectivity index (χ3n) is 3.49. The Morgan fingerprint density at radius 3 is 2.50 bits per heavy atom. The molecule has 0 fully saturated rings. The number of rotatable bonds is 4. The molecule has 102 valence electrons. The predicted octanol–water partition coefficient (Wildman–Crippen LogP) is 5.06. The topological polar surface area (TPSA) is 27.8 Å². The zero-order chi connectivity index (χ0) is 13.9. The Bertz CT molecular complexity index is 667. The molecule has 3 heteroatoms. The molecule has 2 N–H and O–H groups in total. The van der Waals surface area contributed by atoms with Crippen molar-refractivity contribution in [3.8, 4) is 0 Å². The first kappa shape index (κ1) is 13.1. The summed E-state index contributed by atoms with van der Waals surface area (Å²) in [5.41, 5.74) is 3.54. The van der Waals surface area contributed by atoms with E-state index in [1.165, 1.54) is 21.5 Å². The number of fused-ring (bicyclic) bond motifs is 1. The highest BCUT2D eigenvalue weighted by Crippen LogP contribution is 2.24. The number of aromatic amines is 1. The Balaban J connectivity index is 1.79. The van der Waals surface area contributed by atoms with Gasteiger partial charge in [-0.05, 0) is 55.0 Å². The lowest BCUT2D eigenvalue weighted by atomic mass is 10.2. The van der Waals surface area contributed by atoms with Gasteiger partial charge in [0, 0.05) is 21.8 Å². The molecule has 1 heterocycles. The average Bonchev–Trinajstić information content (AvgIpc) is 2.92. The molecule has 0 saturated carbocycles. The van der Waals surface area contributed by atoms with Crippen molar-refractivity contribution in [2.45, 2.75) is 17.9 Å². The van der Waals surface area contributed by atoms with Crippen molar-refractivity contribution >= 4 is 28.4 Å². The predicted molar refractivity (Wildman–Crippen MR) is 88.6 cm³/mol. The summed E-state index contributed by atoms with van der Waals surface area (Å²) in [6.07, 6.45) is 2.09. The smallest absolute Gasteiger partial charge is 0.0635 e. The average molecular weight is 282 g/mol. The maximum absolute atomic E-state index is 3.53. The molecule has 1 unspecified atom stereocenters. The number of thioether (sulfide) groups is 1. The second-order valence-corrected chi connectivity index (χ2v) is 5.79. The van der Waals surface area contributed by atoms with Crippen LogP contribution in [-0.4, -0.2) is 11.2 Å². The van der Waals surface area contributed by atoms with Gasteiger partial charge in [0.2, 0.25) is 0 Å². The minimum atomic E-state index is 0.252. The molecule has 2 aromatic carbocycles. The number of aromatic nitrogens is 1. The van der Waals surface area contributed by atoms with Gasteiger partial charge in [-0.1, -0.05) is 18.2 Å². The second-order valence-electron chi connectivity index (χ2n) is 4.91. The number of anilines is 1. The van der Waals surface area contributed by atoms with Gasteiger partial charge in [0.05, 0.1) is 6.04 Å². The minimum Gasteiger partial charge on any atom is -0.377 e. The molecule has 0 spiro atoms. The van der Waals surface area contributed by atoms with Crippen LogP contribution in [0.3, 0.4) is 0 Å². The van der Waals surface area contributed by atoms with Crippen LogP contribution < -0.4 is 5.32 Å². The van der Waals surface area contributed by atoms with Crippen LogP contribution in [0, 0.1) is 0 Å². The SMILES string of the molecule is CSc1ccc(NC(C)c2cc3ccccc3[nH]2)cc1. The standard InChI is InChI=1S/C17H18N2S/c1-12(18-14-7-9-15(20-2)10-8-14)17-11-13-5-3-4-6-16(13)19-17/h3-12,18-19H,1-2H3. The highest BCUT2D eigenvalue weighted by Gasteiger charge is 2.08. The van der Waals surface area contributed by atoms with E-state index in [1.54, 1.807) is 11.8 Å². The van der Waals surface area contributed by atoms with Crippen LogP contribution in [0.1, 0.15) is 18.7 Å². The zero-order valence-electron chi connectivity index (χ0n) is 11.7. The van der Waals surface area contributed by atoms with Gasteiger partial charge < -0.3 is 10.3 Å². The van der Waals surface area contributed by atoms with Crippen molar-refractivity contribution in [3.05, 3.63) is 60.3 Å². The normalized spacial score (nSPS) is 12.5. The van der Waals surface area contributed by atoms with E-state index < -0.39 is 0 Å². The second kappa shape index (κ2) is 5.63. The van der Waals surface area contributed by atoms with Gasteiger partial charge in [0.15, 0.2) is 0 Å². The molecule has 0 saturated heterocycles. The summed E-state index contributed by atoms with van der Waals surface area (Å²) in [5, 5.41) is 4.79. The van der Waals surface area contributed by atoms with E-state index >= 15 is 0 Å². The number of hydrogen-bond acceptors (Lipinski definition) is 2. The molecule has 20 heavy (non-hydrogen) atoms. The maximum atomic E-state index is 3.53. The first-order valence-corrected chi connectivity index (χ1v) is 7.97. The molecular formula is C17H18N2S. The lowest BCUT2D eigenvalue weighted by Gasteiger charge is -2.14. The number of H-pyrrole nitrogens is 1. The molecule has 3 rings (SSSR count). The van der Waals surface area contributed by atoms with E-state index in [0.29, 0.717) is 0 Å². The largest absolute Gasteiger partial charge is 0.377 e. The fourth-order valence-corrected chi connectivity index (χ4v) is 2.75. The van der Waals surface area contributed by atoms with Crippen LogP contribution in [0.25, 0.3) is 10.9 Å². The van der Waals surface area contributed by atoms with Crippen LogP contribution in [0.2, 0.25) is 0 Å². The molecule has 0 amide bonds. The molecule has 3 aromatic rings. The molecule has 0 aliphatic carbocycles. The fourth-order valence-electron chi connectivity index (χ4n) is 2.34. The van der Waals surface area contributed by atoms with Crippen LogP contribution in [0.15, 0.2) is 59.5 Å². The summed E-state index contributed by atoms with van der Waals surface area (Å²) in [4.78, 5) is 4.76. The summed E-state index contributed by atoms with van der Waals surface area (Å²) in [6.45, 7) is 2.17. The Morgan fingerprint density at radius 2 is 1.80 bits per heavy atom. The molecule has 0 radical (unpaired) electrons. The number of nitrogens with one attached hydrogen (secondary N) is 2. The van der Waals surface area contributed by atoms with Crippen LogP contribution in [0.5, 0.6) is 0 Å². The van der Waals surface area contributed by atoms with Gasteiger partial charge in [-0.2, -0.15) is 0 Å². The van der Waals surface area contributed by atoms with Crippen molar-refractivity contribution in [1.29, 1.82) is 0 Å². The van der Waals surface area contributed by atoms with Gasteiger partial charge in [-0.3, -0.25) is 0 Å². The van der Waals surface area contributed by atoms with E-state index in [1.807, 2.05) is 0 Å². The summed E-state index contributed by atoms with van der Waals surface area (Å²) in [6, 6.07) is 19.4. The van der Waals surface area contributed by atoms with Crippen LogP contribution in [0.4, 0.5) is 5.69 Å². The summed E-state index contributed by atoms with van der Waals surface area (Å²) in [7, 11) is 0. The Morgan fingerprint density at radius 1 is 1.05 bits per heavy atom. The Labute approximate surface area is 123 Å². The summed E-state index contributed by atoms with van der Waals surface area (Å²) < 4.78 is 0. The molecule has 0 aliphatic heterocycles. The minimum absolute atomic E-state index is 0.252. The Hall–Kier alpha value is -1.87. The molecule has 0 bridgehead atoms. The first-order chi connectivity index (χ1) is 9.76. The van der Waals surface area contributed by atoms with E-state index in [4.69, 9.17) is 0 Å². The maximum Gasteiger partial charge on any atom is 0.0635 e. The lowest BCUT2D eigenvalue weighted by Crippen LogP contribution is -2.06. The van der Waals surface area contributed by atoms with Gasteiger partial charge in [0.25, 0.3) is 0 Å². The first-order valence-electron chi connectivity index (χ1n) is 6.74. The Kier molecular flexibility index (Phi) is 3.70. The summed E-state index contributed by atoms with van der Waals surface area (Å²) in [5.74, 6) is 0. The molecule has 1 aromatic heterocycles. The van der Waals surface area contributed by atoms with Gasteiger partial charge in [-0.25, -0.2) is 0 Å². The van der Waals surface area contributed by atoms with Crippen molar-refractivity contribution in [1.82, 2.24) is 4.98 Å². The quantitative estimate of drug-likeness (QED) is 0.654. The van der Waals surface area contributed by atoms with E-state index in [-0.39, 0.29) is 6.04 Å². The zero-order valence-corrected chi connectivity index (χ0v) is 12.5. The highest BCUT2D eigenvalue weighted by molar-refractivity contribution is 7.98. The number of para-hydroxylation sites is 1. The van der Waals surface area contributed by atoms with E-state index in [0.717, 1.165) is 5.69 Å². The van der Waals surface area contributed by atoms with Crippen molar-refractivity contribution in [2.75, 3.05) is 11.6 Å². The molecule has 1 atom stereocenters. The van der Waals surface area contributed by atoms with Gasteiger partial charge >= 0.3 is 0 Å². The van der Waals surface area contributed by atoms with Crippen molar-refractivity contribution in [3.63, 3.8) is 0 Å². The van der Waals surface area contributed by atoms with Crippen molar-refractivity contribution < 1.29 is 0 Å². The van der Waals surface area contributed by atoms with Gasteiger partial charge in [0.1, 0.15) is 0 Å². The van der Waals surface area contributed by atoms with Gasteiger partial charge in [-0.15, -0.1) is 11.8 Å². The third kappa shape index (κ3) is 2.68. The van der Waals surface area contributed by atoms with Crippen LogP contribution in [-0.2, 0) is 0 Å². The van der Waals surface area contributed by atoms with Crippen molar-refractivity contribution in [2.24, 2.45) is 0 Å². The number of benzene rings is 2. The summed E-state index contributed by atoms with van der Waals surface area (Å²) >= 11 is 1.76. The van der Waals surface area contributed by atoms with E-state index in [9.17, 15) is 0 Å². The fraction of sp³-hybridized carbons (Fsp3) is 0.176.